The molecule has 0 bridgehead atoms. The first-order valence-electron chi connectivity index (χ1n) is 9.25. The van der Waals surface area contributed by atoms with Crippen LogP contribution in [0.25, 0.3) is 0 Å². The summed E-state index contributed by atoms with van der Waals surface area (Å²) in [6, 6.07) is 0. The zero-order valence-corrected chi connectivity index (χ0v) is 16.0. The molecular formula is C22H34N2O. The second kappa shape index (κ2) is 12.2. The SMILES string of the molecule is C=C/C=C1\C=C(/C)NCCCCCCCCNC(=C)/C(C)=C/OC1=C. The summed E-state index contributed by atoms with van der Waals surface area (Å²) in [4.78, 5) is 0. The van der Waals surface area contributed by atoms with Crippen molar-refractivity contribution in [3.8, 4) is 0 Å². The molecule has 1 heterocycles. The Morgan fingerprint density at radius 2 is 1.56 bits per heavy atom. The van der Waals surface area contributed by atoms with Gasteiger partial charge in [0.15, 0.2) is 0 Å². The minimum atomic E-state index is 0.592. The molecule has 3 nitrogen and oxygen atoms in total. The van der Waals surface area contributed by atoms with Crippen molar-refractivity contribution in [2.24, 2.45) is 0 Å². The highest BCUT2D eigenvalue weighted by molar-refractivity contribution is 5.39. The molecule has 2 N–H and O–H groups in total. The average molecular weight is 343 g/mol. The van der Waals surface area contributed by atoms with Gasteiger partial charge in [-0.3, -0.25) is 0 Å². The molecule has 0 radical (unpaired) electrons. The zero-order chi connectivity index (χ0) is 18.5. The Hall–Kier alpha value is -2.16. The Bertz CT molecular complexity index is 552. The van der Waals surface area contributed by atoms with Gasteiger partial charge in [0.05, 0.1) is 6.26 Å². The van der Waals surface area contributed by atoms with Gasteiger partial charge in [-0.1, -0.05) is 57.6 Å². The van der Waals surface area contributed by atoms with E-state index in [4.69, 9.17) is 4.74 Å². The summed E-state index contributed by atoms with van der Waals surface area (Å²) in [5, 5.41) is 6.83. The average Bonchev–Trinajstić information content (AvgIpc) is 2.59. The molecule has 0 aromatic rings. The van der Waals surface area contributed by atoms with E-state index in [1.165, 1.54) is 38.5 Å². The third-order valence-electron chi connectivity index (χ3n) is 4.19. The first-order chi connectivity index (χ1) is 12.0. The van der Waals surface area contributed by atoms with E-state index in [9.17, 15) is 0 Å². The van der Waals surface area contributed by atoms with Crippen LogP contribution in [0.1, 0.15) is 52.4 Å². The quantitative estimate of drug-likeness (QED) is 0.661. The number of hydrogen-bond donors (Lipinski definition) is 2. The van der Waals surface area contributed by atoms with E-state index in [1.54, 1.807) is 12.3 Å². The lowest BCUT2D eigenvalue weighted by Crippen LogP contribution is -2.15. The van der Waals surface area contributed by atoms with Crippen LogP contribution in [0.5, 0.6) is 0 Å². The summed E-state index contributed by atoms with van der Waals surface area (Å²) in [5.41, 5.74) is 3.88. The predicted octanol–water partition coefficient (Wildman–Crippen LogP) is 5.48. The number of hydrogen-bond acceptors (Lipinski definition) is 3. The van der Waals surface area contributed by atoms with Crippen LogP contribution < -0.4 is 10.6 Å². The minimum absolute atomic E-state index is 0.592. The van der Waals surface area contributed by atoms with Gasteiger partial charge in [-0.25, -0.2) is 0 Å². The van der Waals surface area contributed by atoms with Crippen molar-refractivity contribution < 1.29 is 4.74 Å². The molecule has 0 unspecified atom stereocenters. The molecule has 0 fully saturated rings. The summed E-state index contributed by atoms with van der Waals surface area (Å²) >= 11 is 0. The van der Waals surface area contributed by atoms with Gasteiger partial charge in [0.2, 0.25) is 0 Å². The minimum Gasteiger partial charge on any atom is -0.465 e. The van der Waals surface area contributed by atoms with E-state index in [1.807, 2.05) is 19.1 Å². The first kappa shape index (κ1) is 20.9. The van der Waals surface area contributed by atoms with Crippen LogP contribution in [-0.2, 0) is 4.74 Å². The van der Waals surface area contributed by atoms with Gasteiger partial charge in [-0.15, -0.1) is 0 Å². The lowest BCUT2D eigenvalue weighted by atomic mass is 10.1. The van der Waals surface area contributed by atoms with E-state index in [0.29, 0.717) is 5.76 Å². The molecule has 138 valence electrons. The summed E-state index contributed by atoms with van der Waals surface area (Å²) in [6.45, 7) is 17.9. The van der Waals surface area contributed by atoms with E-state index >= 15 is 0 Å². The van der Waals surface area contributed by atoms with Gasteiger partial charge in [-0.2, -0.15) is 0 Å². The molecule has 25 heavy (non-hydrogen) atoms. The van der Waals surface area contributed by atoms with Crippen molar-refractivity contribution in [2.75, 3.05) is 13.1 Å². The van der Waals surface area contributed by atoms with Crippen molar-refractivity contribution in [1.82, 2.24) is 10.6 Å². The molecule has 1 aliphatic heterocycles. The van der Waals surface area contributed by atoms with Gasteiger partial charge in [0.1, 0.15) is 5.76 Å². The molecule has 1 rings (SSSR count). The van der Waals surface area contributed by atoms with Gasteiger partial charge < -0.3 is 15.4 Å². The fourth-order valence-corrected chi connectivity index (χ4v) is 2.55. The van der Waals surface area contributed by atoms with Crippen LogP contribution in [0.3, 0.4) is 0 Å². The number of allylic oxidation sites excluding steroid dienone is 5. The third-order valence-corrected chi connectivity index (χ3v) is 4.19. The fourth-order valence-electron chi connectivity index (χ4n) is 2.55. The van der Waals surface area contributed by atoms with E-state index in [2.05, 4.69) is 37.3 Å². The fraction of sp³-hybridized carbons (Fsp3) is 0.455. The van der Waals surface area contributed by atoms with Crippen LogP contribution >= 0.6 is 0 Å². The maximum Gasteiger partial charge on any atom is 0.126 e. The zero-order valence-electron chi connectivity index (χ0n) is 16.0. The molecule has 0 aliphatic carbocycles. The van der Waals surface area contributed by atoms with Crippen molar-refractivity contribution in [3.05, 3.63) is 72.5 Å². The van der Waals surface area contributed by atoms with Gasteiger partial charge in [0.25, 0.3) is 0 Å². The lowest BCUT2D eigenvalue weighted by molar-refractivity contribution is 0.361. The monoisotopic (exact) mass is 342 g/mol. The molecule has 3 heteroatoms. The van der Waals surface area contributed by atoms with Crippen molar-refractivity contribution >= 4 is 0 Å². The largest absolute Gasteiger partial charge is 0.465 e. The Kier molecular flexibility index (Phi) is 10.2. The Labute approximate surface area is 153 Å². The second-order valence-electron chi connectivity index (χ2n) is 6.48. The van der Waals surface area contributed by atoms with Crippen molar-refractivity contribution in [1.29, 1.82) is 0 Å². The maximum atomic E-state index is 5.74. The number of nitrogens with one attached hydrogen (secondary N) is 2. The summed E-state index contributed by atoms with van der Waals surface area (Å²) in [7, 11) is 0. The summed E-state index contributed by atoms with van der Waals surface area (Å²) in [5.74, 6) is 0.592. The number of rotatable bonds is 1. The van der Waals surface area contributed by atoms with E-state index in [0.717, 1.165) is 35.6 Å². The maximum absolute atomic E-state index is 5.74. The van der Waals surface area contributed by atoms with Crippen LogP contribution in [0.4, 0.5) is 0 Å². The van der Waals surface area contributed by atoms with Gasteiger partial charge >= 0.3 is 0 Å². The summed E-state index contributed by atoms with van der Waals surface area (Å²) in [6.07, 6.45) is 14.9. The third kappa shape index (κ3) is 9.04. The molecule has 0 atom stereocenters. The second-order valence-corrected chi connectivity index (χ2v) is 6.48. The van der Waals surface area contributed by atoms with E-state index in [-0.39, 0.29) is 0 Å². The Morgan fingerprint density at radius 1 is 0.960 bits per heavy atom. The van der Waals surface area contributed by atoms with Crippen molar-refractivity contribution in [2.45, 2.75) is 52.4 Å². The standard InChI is InChI=1S/C22H34N2O/c1-6-13-22-16-19(3)23-14-11-9-7-8-10-12-15-24-20(4)18(2)17-25-21(22)5/h6,13,16-17,23-24H,1,4-5,7-12,14-15H2,2-3H3/b18-17+,19-16+,22-13+. The molecule has 0 aromatic carbocycles. The highest BCUT2D eigenvalue weighted by Crippen LogP contribution is 2.16. The predicted molar refractivity (Wildman–Crippen MR) is 109 cm³/mol. The topological polar surface area (TPSA) is 33.3 Å². The molecular weight excluding hydrogens is 308 g/mol. The molecule has 1 aliphatic rings. The van der Waals surface area contributed by atoms with Crippen molar-refractivity contribution in [3.63, 3.8) is 0 Å². The van der Waals surface area contributed by atoms with Crippen LogP contribution in [0, 0.1) is 0 Å². The van der Waals surface area contributed by atoms with E-state index < -0.39 is 0 Å². The Morgan fingerprint density at radius 3 is 2.20 bits per heavy atom. The van der Waals surface area contributed by atoms with Crippen LogP contribution in [0.2, 0.25) is 0 Å². The smallest absolute Gasteiger partial charge is 0.126 e. The number of ether oxygens (including phenoxy) is 1. The molecule has 0 saturated heterocycles. The Balaban J connectivity index is 2.84. The summed E-state index contributed by atoms with van der Waals surface area (Å²) < 4.78 is 5.74. The molecule has 0 amide bonds. The van der Waals surface area contributed by atoms with Gasteiger partial charge in [0, 0.05) is 35.6 Å². The van der Waals surface area contributed by atoms with Gasteiger partial charge in [-0.05, 0) is 32.8 Å². The molecule has 0 saturated carbocycles. The van der Waals surface area contributed by atoms with Crippen LogP contribution in [-0.4, -0.2) is 13.1 Å². The molecule has 0 spiro atoms. The first-order valence-corrected chi connectivity index (χ1v) is 9.25. The van der Waals surface area contributed by atoms with Crippen LogP contribution in [0.15, 0.2) is 72.5 Å². The highest BCUT2D eigenvalue weighted by atomic mass is 16.5. The molecule has 0 aromatic heterocycles. The highest BCUT2D eigenvalue weighted by Gasteiger charge is 2.03. The normalized spacial score (nSPS) is 25.1. The lowest BCUT2D eigenvalue weighted by Gasteiger charge is -2.13.